The van der Waals surface area contributed by atoms with E-state index in [9.17, 15) is 21.6 Å². The molecule has 2 rings (SSSR count). The van der Waals surface area contributed by atoms with Gasteiger partial charge in [0.2, 0.25) is 10.0 Å². The number of hydrogen-bond donors (Lipinski definition) is 0. The van der Waals surface area contributed by atoms with Gasteiger partial charge in [0, 0.05) is 19.3 Å². The molecule has 118 valence electrons. The normalized spacial score (nSPS) is 18.6. The number of halogens is 3. The standard InChI is InChI=1S/C13H17F3N2O2S/c1-9(10-4-3-5-10)18(2)21(19,20)11-6-7-12(17-8-11)13(14,15)16/h6-10H,3-5H2,1-2H3/t9-/m0/s1. The van der Waals surface area contributed by atoms with E-state index in [4.69, 9.17) is 0 Å². The number of aromatic nitrogens is 1. The molecule has 0 unspecified atom stereocenters. The van der Waals surface area contributed by atoms with Crippen LogP contribution in [0.1, 0.15) is 31.9 Å². The summed E-state index contributed by atoms with van der Waals surface area (Å²) in [5.74, 6) is 0.312. The summed E-state index contributed by atoms with van der Waals surface area (Å²) < 4.78 is 63.3. The molecule has 0 aliphatic heterocycles. The van der Waals surface area contributed by atoms with Gasteiger partial charge < -0.3 is 0 Å². The van der Waals surface area contributed by atoms with Crippen molar-refractivity contribution in [2.75, 3.05) is 7.05 Å². The molecule has 1 heterocycles. The molecular weight excluding hydrogens is 305 g/mol. The molecule has 0 N–H and O–H groups in total. The van der Waals surface area contributed by atoms with Crippen molar-refractivity contribution in [1.29, 1.82) is 0 Å². The molecule has 4 nitrogen and oxygen atoms in total. The summed E-state index contributed by atoms with van der Waals surface area (Å²) in [4.78, 5) is 2.99. The average Bonchev–Trinajstić information content (AvgIpc) is 2.34. The molecule has 0 bridgehead atoms. The minimum Gasteiger partial charge on any atom is -0.250 e. The van der Waals surface area contributed by atoms with Gasteiger partial charge in [-0.2, -0.15) is 17.5 Å². The Morgan fingerprint density at radius 1 is 1.33 bits per heavy atom. The quantitative estimate of drug-likeness (QED) is 0.856. The van der Waals surface area contributed by atoms with Crippen molar-refractivity contribution < 1.29 is 21.6 Å². The molecule has 0 spiro atoms. The Bertz CT molecular complexity index is 595. The van der Waals surface area contributed by atoms with Crippen molar-refractivity contribution in [2.24, 2.45) is 5.92 Å². The summed E-state index contributed by atoms with van der Waals surface area (Å²) in [6.45, 7) is 1.82. The zero-order valence-electron chi connectivity index (χ0n) is 11.8. The van der Waals surface area contributed by atoms with Gasteiger partial charge in [-0.1, -0.05) is 6.42 Å². The van der Waals surface area contributed by atoms with Gasteiger partial charge in [0.15, 0.2) is 0 Å². The van der Waals surface area contributed by atoms with E-state index in [1.54, 1.807) is 0 Å². The maximum atomic E-state index is 12.4. The number of nitrogens with zero attached hydrogens (tertiary/aromatic N) is 2. The third kappa shape index (κ3) is 3.21. The van der Waals surface area contributed by atoms with Crippen molar-refractivity contribution >= 4 is 10.0 Å². The Kier molecular flexibility index (Phi) is 4.30. The fourth-order valence-electron chi connectivity index (χ4n) is 2.30. The molecule has 1 aliphatic carbocycles. The van der Waals surface area contributed by atoms with Crippen molar-refractivity contribution in [3.8, 4) is 0 Å². The van der Waals surface area contributed by atoms with E-state index >= 15 is 0 Å². The number of rotatable bonds is 4. The van der Waals surface area contributed by atoms with Crippen LogP contribution in [-0.4, -0.2) is 30.8 Å². The first-order chi connectivity index (χ1) is 9.64. The van der Waals surface area contributed by atoms with Crippen LogP contribution in [0, 0.1) is 5.92 Å². The Balaban J connectivity index is 2.22. The Hall–Kier alpha value is -1.15. The lowest BCUT2D eigenvalue weighted by Crippen LogP contribution is -2.42. The lowest BCUT2D eigenvalue weighted by molar-refractivity contribution is -0.141. The van der Waals surface area contributed by atoms with Crippen LogP contribution < -0.4 is 0 Å². The maximum Gasteiger partial charge on any atom is 0.433 e. The van der Waals surface area contributed by atoms with Gasteiger partial charge in [0.05, 0.1) is 0 Å². The fraction of sp³-hybridized carbons (Fsp3) is 0.615. The van der Waals surface area contributed by atoms with Crippen molar-refractivity contribution in [3.63, 3.8) is 0 Å². The third-order valence-electron chi connectivity index (χ3n) is 4.11. The number of hydrogen-bond acceptors (Lipinski definition) is 3. The van der Waals surface area contributed by atoms with Gasteiger partial charge >= 0.3 is 6.18 Å². The zero-order chi connectivity index (χ0) is 15.8. The predicted octanol–water partition coefficient (Wildman–Crippen LogP) is 2.91. The van der Waals surface area contributed by atoms with Crippen LogP contribution in [0.25, 0.3) is 0 Å². The van der Waals surface area contributed by atoms with Crippen LogP contribution in [0.15, 0.2) is 23.2 Å². The van der Waals surface area contributed by atoms with Gasteiger partial charge in [-0.25, -0.2) is 8.42 Å². The predicted molar refractivity (Wildman–Crippen MR) is 71.0 cm³/mol. The van der Waals surface area contributed by atoms with E-state index < -0.39 is 21.9 Å². The first-order valence-corrected chi connectivity index (χ1v) is 8.09. The smallest absolute Gasteiger partial charge is 0.250 e. The molecule has 0 saturated heterocycles. The van der Waals surface area contributed by atoms with Gasteiger partial charge in [-0.15, -0.1) is 0 Å². The molecule has 1 aliphatic rings. The second-order valence-electron chi connectivity index (χ2n) is 5.33. The summed E-state index contributed by atoms with van der Waals surface area (Å²) in [5, 5.41) is 0. The summed E-state index contributed by atoms with van der Waals surface area (Å²) >= 11 is 0. The van der Waals surface area contributed by atoms with E-state index in [1.165, 1.54) is 11.4 Å². The lowest BCUT2D eigenvalue weighted by atomic mass is 9.80. The van der Waals surface area contributed by atoms with E-state index in [0.29, 0.717) is 12.0 Å². The second-order valence-corrected chi connectivity index (χ2v) is 7.33. The minimum absolute atomic E-state index is 0.175. The van der Waals surface area contributed by atoms with E-state index in [-0.39, 0.29) is 10.9 Å². The van der Waals surface area contributed by atoms with Crippen LogP contribution in [0.2, 0.25) is 0 Å². The van der Waals surface area contributed by atoms with E-state index in [2.05, 4.69) is 4.98 Å². The topological polar surface area (TPSA) is 50.3 Å². The first-order valence-electron chi connectivity index (χ1n) is 6.65. The molecular formula is C13H17F3N2O2S. The highest BCUT2D eigenvalue weighted by Gasteiger charge is 2.35. The molecule has 21 heavy (non-hydrogen) atoms. The molecule has 0 radical (unpaired) electrons. The van der Waals surface area contributed by atoms with Crippen molar-refractivity contribution in [2.45, 2.75) is 43.3 Å². The molecule has 8 heteroatoms. The average molecular weight is 322 g/mol. The lowest BCUT2D eigenvalue weighted by Gasteiger charge is -2.36. The van der Waals surface area contributed by atoms with Crippen LogP contribution in [0.3, 0.4) is 0 Å². The zero-order valence-corrected chi connectivity index (χ0v) is 12.6. The highest BCUT2D eigenvalue weighted by molar-refractivity contribution is 7.89. The summed E-state index contributed by atoms with van der Waals surface area (Å²) in [6.07, 6.45) is -0.765. The van der Waals surface area contributed by atoms with Crippen LogP contribution >= 0.6 is 0 Å². The molecule has 0 amide bonds. The van der Waals surface area contributed by atoms with Crippen LogP contribution in [0.4, 0.5) is 13.2 Å². The fourth-order valence-corrected chi connectivity index (χ4v) is 3.67. The van der Waals surface area contributed by atoms with Gasteiger partial charge in [0.25, 0.3) is 0 Å². The maximum absolute atomic E-state index is 12.4. The van der Waals surface area contributed by atoms with Gasteiger partial charge in [-0.3, -0.25) is 4.98 Å². The van der Waals surface area contributed by atoms with Crippen LogP contribution in [-0.2, 0) is 16.2 Å². The molecule has 1 fully saturated rings. The summed E-state index contributed by atoms with van der Waals surface area (Å²) in [7, 11) is -2.36. The molecule has 1 atom stereocenters. The Morgan fingerprint density at radius 3 is 2.33 bits per heavy atom. The number of alkyl halides is 3. The molecule has 1 saturated carbocycles. The van der Waals surface area contributed by atoms with E-state index in [1.807, 2.05) is 6.92 Å². The Morgan fingerprint density at radius 2 is 1.95 bits per heavy atom. The SMILES string of the molecule is C[C@@H](C1CCC1)N(C)S(=O)(=O)c1ccc(C(F)(F)F)nc1. The Labute approximate surface area is 122 Å². The second kappa shape index (κ2) is 5.57. The molecule has 1 aromatic rings. The van der Waals surface area contributed by atoms with Crippen LogP contribution in [0.5, 0.6) is 0 Å². The van der Waals surface area contributed by atoms with Gasteiger partial charge in [-0.05, 0) is 37.8 Å². The van der Waals surface area contributed by atoms with Crippen molar-refractivity contribution in [3.05, 3.63) is 24.0 Å². The van der Waals surface area contributed by atoms with Gasteiger partial charge in [0.1, 0.15) is 10.6 Å². The largest absolute Gasteiger partial charge is 0.433 e. The molecule has 0 aromatic carbocycles. The minimum atomic E-state index is -4.58. The summed E-state index contributed by atoms with van der Waals surface area (Å²) in [5.41, 5.74) is -1.10. The highest BCUT2D eigenvalue weighted by atomic mass is 32.2. The van der Waals surface area contributed by atoms with Crippen molar-refractivity contribution in [1.82, 2.24) is 9.29 Å². The monoisotopic (exact) mass is 322 g/mol. The summed E-state index contributed by atoms with van der Waals surface area (Å²) in [6, 6.07) is 1.47. The number of sulfonamides is 1. The third-order valence-corrected chi connectivity index (χ3v) is 6.04. The number of pyridine rings is 1. The first kappa shape index (κ1) is 16.2. The highest BCUT2D eigenvalue weighted by Crippen LogP contribution is 2.34. The molecule has 1 aromatic heterocycles. The van der Waals surface area contributed by atoms with E-state index in [0.717, 1.165) is 31.5 Å².